The average Bonchev–Trinajstić information content (AvgIpc) is 3.03. The van der Waals surface area contributed by atoms with E-state index in [4.69, 9.17) is 0 Å². The minimum Gasteiger partial charge on any atom is -0.300 e. The molecule has 0 spiro atoms. The SMILES string of the molecule is CN1[C@@H]2CC[C@H]1C[C@@H](n1cc(-c3ccncc3)nn1)C2. The van der Waals surface area contributed by atoms with Crippen LogP contribution in [0, 0.1) is 0 Å². The molecule has 5 heteroatoms. The third kappa shape index (κ3) is 1.93. The first kappa shape index (κ1) is 12.0. The molecule has 2 bridgehead atoms. The maximum atomic E-state index is 4.37. The number of rotatable bonds is 2. The third-order valence-electron chi connectivity index (χ3n) is 4.93. The van der Waals surface area contributed by atoms with Crippen molar-refractivity contribution in [2.24, 2.45) is 0 Å². The van der Waals surface area contributed by atoms with Gasteiger partial charge in [-0.15, -0.1) is 5.10 Å². The van der Waals surface area contributed by atoms with Crippen molar-refractivity contribution < 1.29 is 0 Å². The van der Waals surface area contributed by atoms with Crippen molar-refractivity contribution in [3.8, 4) is 11.3 Å². The summed E-state index contributed by atoms with van der Waals surface area (Å²) < 4.78 is 2.08. The molecule has 2 aliphatic heterocycles. The van der Waals surface area contributed by atoms with Crippen molar-refractivity contribution in [2.75, 3.05) is 7.05 Å². The first-order chi connectivity index (χ1) is 9.81. The summed E-state index contributed by atoms with van der Waals surface area (Å²) in [7, 11) is 2.27. The van der Waals surface area contributed by atoms with Crippen LogP contribution in [0.1, 0.15) is 31.7 Å². The molecule has 0 amide bonds. The van der Waals surface area contributed by atoms with Gasteiger partial charge < -0.3 is 4.90 Å². The minimum absolute atomic E-state index is 0.506. The molecule has 0 aliphatic carbocycles. The second kappa shape index (κ2) is 4.66. The molecule has 104 valence electrons. The van der Waals surface area contributed by atoms with E-state index in [1.54, 1.807) is 12.4 Å². The second-order valence-electron chi connectivity index (χ2n) is 6.00. The van der Waals surface area contributed by atoms with Gasteiger partial charge in [-0.25, -0.2) is 4.68 Å². The van der Waals surface area contributed by atoms with Gasteiger partial charge in [0.2, 0.25) is 0 Å². The molecule has 4 heterocycles. The molecule has 0 N–H and O–H groups in total. The number of hydrogen-bond donors (Lipinski definition) is 0. The largest absolute Gasteiger partial charge is 0.300 e. The number of nitrogens with zero attached hydrogens (tertiary/aromatic N) is 5. The van der Waals surface area contributed by atoms with E-state index >= 15 is 0 Å². The van der Waals surface area contributed by atoms with Gasteiger partial charge in [-0.05, 0) is 44.9 Å². The Morgan fingerprint density at radius 1 is 1.05 bits per heavy atom. The van der Waals surface area contributed by atoms with Crippen LogP contribution >= 0.6 is 0 Å². The monoisotopic (exact) mass is 269 g/mol. The fraction of sp³-hybridized carbons (Fsp3) is 0.533. The Kier molecular flexibility index (Phi) is 2.80. The Bertz CT molecular complexity index is 579. The molecule has 4 rings (SSSR count). The van der Waals surface area contributed by atoms with Crippen molar-refractivity contribution in [2.45, 2.75) is 43.8 Å². The zero-order valence-corrected chi connectivity index (χ0v) is 11.7. The molecule has 0 aromatic carbocycles. The lowest BCUT2D eigenvalue weighted by Crippen LogP contribution is -2.40. The number of pyridine rings is 1. The average molecular weight is 269 g/mol. The maximum Gasteiger partial charge on any atom is 0.113 e. The second-order valence-corrected chi connectivity index (χ2v) is 6.00. The zero-order chi connectivity index (χ0) is 13.5. The Labute approximate surface area is 118 Å². The normalized spacial score (nSPS) is 29.8. The van der Waals surface area contributed by atoms with Crippen molar-refractivity contribution in [1.29, 1.82) is 0 Å². The smallest absolute Gasteiger partial charge is 0.113 e. The van der Waals surface area contributed by atoms with Crippen LogP contribution < -0.4 is 0 Å². The Morgan fingerprint density at radius 3 is 2.45 bits per heavy atom. The molecular formula is C15H19N5. The quantitative estimate of drug-likeness (QED) is 0.838. The van der Waals surface area contributed by atoms with Crippen molar-refractivity contribution in [1.82, 2.24) is 24.9 Å². The fourth-order valence-corrected chi connectivity index (χ4v) is 3.71. The zero-order valence-electron chi connectivity index (χ0n) is 11.7. The predicted octanol–water partition coefficient (Wildman–Crippen LogP) is 2.14. The van der Waals surface area contributed by atoms with Crippen LogP contribution in [-0.2, 0) is 0 Å². The molecule has 2 saturated heterocycles. The van der Waals surface area contributed by atoms with E-state index < -0.39 is 0 Å². The van der Waals surface area contributed by atoms with Crippen LogP contribution in [-0.4, -0.2) is 44.0 Å². The molecule has 0 saturated carbocycles. The first-order valence-electron chi connectivity index (χ1n) is 7.35. The number of fused-ring (bicyclic) bond motifs is 2. The highest BCUT2D eigenvalue weighted by Gasteiger charge is 2.39. The summed E-state index contributed by atoms with van der Waals surface area (Å²) in [5, 5.41) is 8.69. The molecule has 2 aromatic heterocycles. The van der Waals surface area contributed by atoms with E-state index in [0.717, 1.165) is 23.3 Å². The highest BCUT2D eigenvalue weighted by molar-refractivity contribution is 5.56. The van der Waals surface area contributed by atoms with E-state index in [9.17, 15) is 0 Å². The van der Waals surface area contributed by atoms with Gasteiger partial charge >= 0.3 is 0 Å². The summed E-state index contributed by atoms with van der Waals surface area (Å²) in [5.41, 5.74) is 2.03. The van der Waals surface area contributed by atoms with Crippen LogP contribution in [0.25, 0.3) is 11.3 Å². The van der Waals surface area contributed by atoms with E-state index in [1.807, 2.05) is 12.1 Å². The molecular weight excluding hydrogens is 250 g/mol. The lowest BCUT2D eigenvalue weighted by Gasteiger charge is -2.36. The Balaban J connectivity index is 1.57. The summed E-state index contributed by atoms with van der Waals surface area (Å²) in [6.07, 6.45) is 10.8. The molecule has 0 unspecified atom stereocenters. The predicted molar refractivity (Wildman–Crippen MR) is 76.1 cm³/mol. The van der Waals surface area contributed by atoms with E-state index in [-0.39, 0.29) is 0 Å². The molecule has 3 atom stereocenters. The minimum atomic E-state index is 0.506. The van der Waals surface area contributed by atoms with E-state index in [1.165, 1.54) is 25.7 Å². The van der Waals surface area contributed by atoms with E-state index in [2.05, 4.69) is 38.1 Å². The van der Waals surface area contributed by atoms with Gasteiger partial charge in [-0.3, -0.25) is 4.98 Å². The number of piperidine rings is 1. The lowest BCUT2D eigenvalue weighted by molar-refractivity contribution is 0.130. The van der Waals surface area contributed by atoms with Gasteiger partial charge in [0.15, 0.2) is 0 Å². The Morgan fingerprint density at radius 2 is 1.75 bits per heavy atom. The molecule has 2 aliphatic rings. The van der Waals surface area contributed by atoms with Crippen molar-refractivity contribution in [3.63, 3.8) is 0 Å². The van der Waals surface area contributed by atoms with Crippen LogP contribution in [0.2, 0.25) is 0 Å². The third-order valence-corrected chi connectivity index (χ3v) is 4.93. The number of hydrogen-bond acceptors (Lipinski definition) is 4. The summed E-state index contributed by atoms with van der Waals surface area (Å²) in [4.78, 5) is 6.60. The van der Waals surface area contributed by atoms with Crippen LogP contribution in [0.3, 0.4) is 0 Å². The van der Waals surface area contributed by atoms with Crippen LogP contribution in [0.15, 0.2) is 30.7 Å². The van der Waals surface area contributed by atoms with Gasteiger partial charge in [0, 0.05) is 30.0 Å². The molecule has 2 fully saturated rings. The highest BCUT2D eigenvalue weighted by Crippen LogP contribution is 2.39. The van der Waals surface area contributed by atoms with Crippen molar-refractivity contribution >= 4 is 0 Å². The maximum absolute atomic E-state index is 4.37. The van der Waals surface area contributed by atoms with Crippen LogP contribution in [0.4, 0.5) is 0 Å². The summed E-state index contributed by atoms with van der Waals surface area (Å²) in [5.74, 6) is 0. The summed E-state index contributed by atoms with van der Waals surface area (Å²) in [6, 6.07) is 5.92. The molecule has 5 nitrogen and oxygen atoms in total. The van der Waals surface area contributed by atoms with Gasteiger partial charge in [0.05, 0.1) is 12.2 Å². The summed E-state index contributed by atoms with van der Waals surface area (Å²) >= 11 is 0. The fourth-order valence-electron chi connectivity index (χ4n) is 3.71. The summed E-state index contributed by atoms with van der Waals surface area (Å²) in [6.45, 7) is 0. The highest BCUT2D eigenvalue weighted by atomic mass is 15.4. The van der Waals surface area contributed by atoms with Gasteiger partial charge in [0.25, 0.3) is 0 Å². The molecule has 2 aromatic rings. The Hall–Kier alpha value is -1.75. The molecule has 20 heavy (non-hydrogen) atoms. The van der Waals surface area contributed by atoms with Crippen LogP contribution in [0.5, 0.6) is 0 Å². The molecule has 0 radical (unpaired) electrons. The topological polar surface area (TPSA) is 46.8 Å². The lowest BCUT2D eigenvalue weighted by atomic mass is 9.98. The van der Waals surface area contributed by atoms with E-state index in [0.29, 0.717) is 6.04 Å². The van der Waals surface area contributed by atoms with Gasteiger partial charge in [-0.2, -0.15) is 0 Å². The van der Waals surface area contributed by atoms with Crippen molar-refractivity contribution in [3.05, 3.63) is 30.7 Å². The number of aromatic nitrogens is 4. The standard InChI is InChI=1S/C15H19N5/c1-19-12-2-3-13(19)9-14(8-12)20-10-15(17-18-20)11-4-6-16-7-5-11/h4-7,10,12-14H,2-3,8-9H2,1H3/t12-,13+,14+. The van der Waals surface area contributed by atoms with Gasteiger partial charge in [0.1, 0.15) is 5.69 Å². The first-order valence-corrected chi connectivity index (χ1v) is 7.35. The van der Waals surface area contributed by atoms with Gasteiger partial charge in [-0.1, -0.05) is 5.21 Å².